The first-order valence-corrected chi connectivity index (χ1v) is 3.94. The SMILES string of the molecule is C=C(COC)c1cnccc1OC. The smallest absolute Gasteiger partial charge is 0.129 e. The van der Waals surface area contributed by atoms with Gasteiger partial charge in [-0.3, -0.25) is 4.98 Å². The van der Waals surface area contributed by atoms with Crippen molar-refractivity contribution < 1.29 is 9.47 Å². The summed E-state index contributed by atoms with van der Waals surface area (Å²) in [5.41, 5.74) is 1.76. The van der Waals surface area contributed by atoms with Crippen LogP contribution in [0.4, 0.5) is 0 Å². The van der Waals surface area contributed by atoms with E-state index in [1.165, 1.54) is 0 Å². The van der Waals surface area contributed by atoms with Crippen LogP contribution >= 0.6 is 0 Å². The van der Waals surface area contributed by atoms with Gasteiger partial charge in [-0.25, -0.2) is 0 Å². The summed E-state index contributed by atoms with van der Waals surface area (Å²) in [5, 5.41) is 0. The Morgan fingerprint density at radius 3 is 2.92 bits per heavy atom. The molecule has 3 heteroatoms. The zero-order valence-corrected chi connectivity index (χ0v) is 7.91. The van der Waals surface area contributed by atoms with Crippen LogP contribution in [-0.2, 0) is 4.74 Å². The molecule has 0 aromatic carbocycles. The van der Waals surface area contributed by atoms with E-state index in [0.29, 0.717) is 6.61 Å². The van der Waals surface area contributed by atoms with Crippen LogP contribution in [0, 0.1) is 0 Å². The summed E-state index contributed by atoms with van der Waals surface area (Å²) in [6.45, 7) is 4.37. The first kappa shape index (κ1) is 9.74. The fraction of sp³-hybridized carbons (Fsp3) is 0.300. The van der Waals surface area contributed by atoms with Gasteiger partial charge < -0.3 is 9.47 Å². The maximum absolute atomic E-state index is 5.16. The highest BCUT2D eigenvalue weighted by Gasteiger charge is 2.05. The second-order valence-electron chi connectivity index (χ2n) is 2.61. The lowest BCUT2D eigenvalue weighted by molar-refractivity contribution is 0.239. The highest BCUT2D eigenvalue weighted by atomic mass is 16.5. The Labute approximate surface area is 78.0 Å². The van der Waals surface area contributed by atoms with Crippen LogP contribution in [0.5, 0.6) is 5.75 Å². The van der Waals surface area contributed by atoms with E-state index < -0.39 is 0 Å². The lowest BCUT2D eigenvalue weighted by atomic mass is 10.1. The number of hydrogen-bond donors (Lipinski definition) is 0. The van der Waals surface area contributed by atoms with Gasteiger partial charge in [-0.15, -0.1) is 0 Å². The summed E-state index contributed by atoms with van der Waals surface area (Å²) in [6.07, 6.45) is 3.41. The molecule has 0 unspecified atom stereocenters. The second kappa shape index (κ2) is 4.62. The van der Waals surface area contributed by atoms with Crippen molar-refractivity contribution in [2.24, 2.45) is 0 Å². The zero-order valence-electron chi connectivity index (χ0n) is 7.91. The Balaban J connectivity index is 2.92. The second-order valence-corrected chi connectivity index (χ2v) is 2.61. The average molecular weight is 179 g/mol. The summed E-state index contributed by atoms with van der Waals surface area (Å²) >= 11 is 0. The summed E-state index contributed by atoms with van der Waals surface area (Å²) < 4.78 is 10.1. The van der Waals surface area contributed by atoms with Crippen LogP contribution in [0.25, 0.3) is 5.57 Å². The number of pyridine rings is 1. The molecule has 0 radical (unpaired) electrons. The van der Waals surface area contributed by atoms with E-state index in [0.717, 1.165) is 16.9 Å². The molecule has 0 aliphatic rings. The molecule has 3 nitrogen and oxygen atoms in total. The maximum atomic E-state index is 5.16. The Hall–Kier alpha value is -1.35. The van der Waals surface area contributed by atoms with Crippen LogP contribution < -0.4 is 4.74 Å². The minimum atomic E-state index is 0.488. The number of rotatable bonds is 4. The molecule has 0 spiro atoms. The molecule has 0 fully saturated rings. The predicted molar refractivity (Wildman–Crippen MR) is 51.7 cm³/mol. The Kier molecular flexibility index (Phi) is 3.46. The molecular formula is C10H13NO2. The molecule has 0 saturated heterocycles. The van der Waals surface area contributed by atoms with Crippen molar-refractivity contribution in [2.45, 2.75) is 0 Å². The Bertz CT molecular complexity index is 297. The molecule has 0 bridgehead atoms. The molecule has 13 heavy (non-hydrogen) atoms. The third-order valence-corrected chi connectivity index (χ3v) is 1.70. The van der Waals surface area contributed by atoms with Gasteiger partial charge >= 0.3 is 0 Å². The monoisotopic (exact) mass is 179 g/mol. The third-order valence-electron chi connectivity index (χ3n) is 1.70. The van der Waals surface area contributed by atoms with Gasteiger partial charge in [-0.05, 0) is 11.6 Å². The van der Waals surface area contributed by atoms with Gasteiger partial charge in [0.05, 0.1) is 13.7 Å². The van der Waals surface area contributed by atoms with E-state index in [1.54, 1.807) is 32.7 Å². The quantitative estimate of drug-likeness (QED) is 0.705. The van der Waals surface area contributed by atoms with Crippen LogP contribution in [0.3, 0.4) is 0 Å². The van der Waals surface area contributed by atoms with E-state index in [1.807, 2.05) is 0 Å². The van der Waals surface area contributed by atoms with Crippen molar-refractivity contribution in [2.75, 3.05) is 20.8 Å². The van der Waals surface area contributed by atoms with Crippen molar-refractivity contribution in [3.05, 3.63) is 30.6 Å². The first-order valence-electron chi connectivity index (χ1n) is 3.94. The van der Waals surface area contributed by atoms with Crippen molar-refractivity contribution in [1.82, 2.24) is 4.98 Å². The van der Waals surface area contributed by atoms with Crippen molar-refractivity contribution in [3.63, 3.8) is 0 Å². The molecule has 1 aromatic rings. The normalized spacial score (nSPS) is 9.69. The lowest BCUT2D eigenvalue weighted by Gasteiger charge is -2.08. The van der Waals surface area contributed by atoms with Crippen LogP contribution in [0.1, 0.15) is 5.56 Å². The lowest BCUT2D eigenvalue weighted by Crippen LogP contribution is -1.96. The molecule has 0 aliphatic heterocycles. The first-order chi connectivity index (χ1) is 6.29. The largest absolute Gasteiger partial charge is 0.496 e. The van der Waals surface area contributed by atoms with Crippen LogP contribution in [0.2, 0.25) is 0 Å². The highest BCUT2D eigenvalue weighted by Crippen LogP contribution is 2.23. The van der Waals surface area contributed by atoms with E-state index in [2.05, 4.69) is 11.6 Å². The standard InChI is InChI=1S/C10H13NO2/c1-8(7-12-2)9-6-11-5-4-10(9)13-3/h4-6H,1,7H2,2-3H3. The van der Waals surface area contributed by atoms with Crippen molar-refractivity contribution in [1.29, 1.82) is 0 Å². The molecule has 0 amide bonds. The molecule has 0 atom stereocenters. The van der Waals surface area contributed by atoms with Gasteiger partial charge in [0.2, 0.25) is 0 Å². The van der Waals surface area contributed by atoms with E-state index >= 15 is 0 Å². The summed E-state index contributed by atoms with van der Waals surface area (Å²) in [7, 11) is 3.26. The van der Waals surface area contributed by atoms with Gasteiger partial charge in [0.25, 0.3) is 0 Å². The van der Waals surface area contributed by atoms with E-state index in [9.17, 15) is 0 Å². The van der Waals surface area contributed by atoms with Crippen molar-refractivity contribution in [3.8, 4) is 5.75 Å². The van der Waals surface area contributed by atoms with Gasteiger partial charge in [-0.1, -0.05) is 6.58 Å². The number of methoxy groups -OCH3 is 2. The topological polar surface area (TPSA) is 31.4 Å². The van der Waals surface area contributed by atoms with Gasteiger partial charge in [-0.2, -0.15) is 0 Å². The summed E-state index contributed by atoms with van der Waals surface area (Å²) in [5.74, 6) is 0.775. The molecular weight excluding hydrogens is 166 g/mol. The van der Waals surface area contributed by atoms with E-state index in [-0.39, 0.29) is 0 Å². The highest BCUT2D eigenvalue weighted by molar-refractivity contribution is 5.68. The maximum Gasteiger partial charge on any atom is 0.129 e. The predicted octanol–water partition coefficient (Wildman–Crippen LogP) is 1.75. The molecule has 1 aromatic heterocycles. The average Bonchev–Trinajstić information content (AvgIpc) is 2.18. The molecule has 70 valence electrons. The van der Waals surface area contributed by atoms with Gasteiger partial charge in [0, 0.05) is 25.1 Å². The fourth-order valence-corrected chi connectivity index (χ4v) is 1.08. The third kappa shape index (κ3) is 2.29. The number of aromatic nitrogens is 1. The van der Waals surface area contributed by atoms with E-state index in [4.69, 9.17) is 9.47 Å². The summed E-state index contributed by atoms with van der Waals surface area (Å²) in [6, 6.07) is 1.80. The molecule has 0 saturated carbocycles. The zero-order chi connectivity index (χ0) is 9.68. The Morgan fingerprint density at radius 1 is 1.54 bits per heavy atom. The minimum Gasteiger partial charge on any atom is -0.496 e. The molecule has 1 rings (SSSR count). The fourth-order valence-electron chi connectivity index (χ4n) is 1.08. The number of ether oxygens (including phenoxy) is 2. The minimum absolute atomic E-state index is 0.488. The van der Waals surface area contributed by atoms with Gasteiger partial charge in [0.1, 0.15) is 5.75 Å². The molecule has 0 N–H and O–H groups in total. The summed E-state index contributed by atoms with van der Waals surface area (Å²) in [4.78, 5) is 4.00. The van der Waals surface area contributed by atoms with Crippen LogP contribution in [-0.4, -0.2) is 25.8 Å². The Morgan fingerprint density at radius 2 is 2.31 bits per heavy atom. The molecule has 1 heterocycles. The van der Waals surface area contributed by atoms with Gasteiger partial charge in [0.15, 0.2) is 0 Å². The van der Waals surface area contributed by atoms with Crippen molar-refractivity contribution >= 4 is 5.57 Å². The number of hydrogen-bond acceptors (Lipinski definition) is 3. The number of nitrogens with zero attached hydrogens (tertiary/aromatic N) is 1. The molecule has 0 aliphatic carbocycles. The van der Waals surface area contributed by atoms with Crippen LogP contribution in [0.15, 0.2) is 25.0 Å².